The molecule has 0 bridgehead atoms. The van der Waals surface area contributed by atoms with Crippen molar-refractivity contribution in [2.45, 2.75) is 0 Å². The maximum absolute atomic E-state index is 9.09. The zero-order valence-electron chi connectivity index (χ0n) is 44.6. The average molecular weight is 754 g/mol. The van der Waals surface area contributed by atoms with Crippen LogP contribution in [0.25, 0.3) is 88.0 Å². The van der Waals surface area contributed by atoms with Gasteiger partial charge in [-0.15, -0.1) is 0 Å². The first kappa shape index (κ1) is 22.2. The lowest BCUT2D eigenvalue weighted by Crippen LogP contribution is -2.09. The molecule has 0 atom stereocenters. The first-order valence-corrected chi connectivity index (χ1v) is 18.7. The highest BCUT2D eigenvalue weighted by Gasteiger charge is 2.16. The van der Waals surface area contributed by atoms with Crippen LogP contribution in [0.3, 0.4) is 0 Å². The molecule has 272 valence electrons. The predicted molar refractivity (Wildman–Crippen MR) is 245 cm³/mol. The van der Waals surface area contributed by atoms with Gasteiger partial charge in [-0.3, -0.25) is 0 Å². The lowest BCUT2D eigenvalue weighted by molar-refractivity contribution is 0.669. The molecule has 0 radical (unpaired) electrons. The molecule has 0 saturated carbocycles. The lowest BCUT2D eigenvalue weighted by atomic mass is 9.96. The highest BCUT2D eigenvalue weighted by atomic mass is 16.3. The summed E-state index contributed by atoms with van der Waals surface area (Å²) < 4.78 is 126. The third-order valence-corrected chi connectivity index (χ3v) is 10.4. The van der Waals surface area contributed by atoms with Crippen molar-refractivity contribution in [1.29, 1.82) is 0 Å². The molecule has 0 aliphatic rings. The topological polar surface area (TPSA) is 16.4 Å². The molecule has 0 aliphatic carbocycles. The van der Waals surface area contributed by atoms with Gasteiger partial charge >= 0.3 is 0 Å². The summed E-state index contributed by atoms with van der Waals surface area (Å²) in [6.45, 7) is 0. The molecule has 1 heterocycles. The van der Waals surface area contributed by atoms with E-state index in [-0.39, 0.29) is 62.9 Å². The molecule has 58 heavy (non-hydrogen) atoms. The Morgan fingerprint density at radius 2 is 0.845 bits per heavy atom. The van der Waals surface area contributed by atoms with Gasteiger partial charge in [-0.25, -0.2) is 0 Å². The van der Waals surface area contributed by atoms with Gasteiger partial charge in [0.1, 0.15) is 11.2 Å². The van der Waals surface area contributed by atoms with Gasteiger partial charge in [0.25, 0.3) is 0 Å². The van der Waals surface area contributed by atoms with Crippen LogP contribution in [0.4, 0.5) is 17.1 Å². The standard InChI is InChI=1S/C56H37NO/c1-2-9-38(10-3-1)40-19-27-48(28-20-40)57(49-29-21-41(22-30-49)45-18-17-39-11-4-5-13-44(39)35-45)50-31-23-42(24-32-50)46-25-33-55-53(36-46)54-37-47(26-34-56(54)58-55)52-16-8-14-43-12-6-7-15-51(43)52/h1-37H/i4D,5D,6D,7D,8D,11D,12D,13D,14D,15D,16D,17D,18D,35D. The summed E-state index contributed by atoms with van der Waals surface area (Å²) in [4.78, 5) is 2.06. The summed E-state index contributed by atoms with van der Waals surface area (Å²) >= 11 is 0. The number of fused-ring (bicyclic) bond motifs is 5. The van der Waals surface area contributed by atoms with Crippen LogP contribution in [-0.2, 0) is 0 Å². The lowest BCUT2D eigenvalue weighted by Gasteiger charge is -2.26. The maximum atomic E-state index is 9.09. The van der Waals surface area contributed by atoms with Crippen molar-refractivity contribution < 1.29 is 23.6 Å². The molecule has 11 aromatic rings. The third kappa shape index (κ3) is 6.09. The number of rotatable bonds is 7. The number of hydrogen-bond acceptors (Lipinski definition) is 2. The Morgan fingerprint density at radius 1 is 0.345 bits per heavy atom. The molecule has 0 saturated heterocycles. The van der Waals surface area contributed by atoms with Gasteiger partial charge in [0.15, 0.2) is 0 Å². The average Bonchev–Trinajstić information content (AvgIpc) is 3.77. The van der Waals surface area contributed by atoms with Crippen LogP contribution in [0.15, 0.2) is 229 Å². The zero-order chi connectivity index (χ0) is 50.6. The normalized spacial score (nSPS) is 14.8. The molecular weight excluding hydrogens is 703 g/mol. The van der Waals surface area contributed by atoms with Crippen molar-refractivity contribution in [1.82, 2.24) is 0 Å². The number of nitrogens with zero attached hydrogens (tertiary/aromatic N) is 1. The van der Waals surface area contributed by atoms with E-state index < -0.39 is 54.4 Å². The minimum Gasteiger partial charge on any atom is -0.456 e. The molecule has 0 aliphatic heterocycles. The van der Waals surface area contributed by atoms with Crippen LogP contribution in [0.1, 0.15) is 19.2 Å². The molecule has 2 heteroatoms. The van der Waals surface area contributed by atoms with E-state index in [9.17, 15) is 0 Å². The molecule has 0 spiro atoms. The van der Waals surface area contributed by atoms with Crippen molar-refractivity contribution >= 4 is 60.5 Å². The third-order valence-electron chi connectivity index (χ3n) is 10.4. The molecule has 0 amide bonds. The largest absolute Gasteiger partial charge is 0.456 e. The van der Waals surface area contributed by atoms with E-state index in [0.29, 0.717) is 27.7 Å². The van der Waals surface area contributed by atoms with Crippen molar-refractivity contribution in [3.05, 3.63) is 224 Å². The Kier molecular flexibility index (Phi) is 5.39. The number of anilines is 3. The van der Waals surface area contributed by atoms with Gasteiger partial charge in [0.2, 0.25) is 0 Å². The van der Waals surface area contributed by atoms with Crippen molar-refractivity contribution in [3.63, 3.8) is 0 Å². The number of hydrogen-bond donors (Lipinski definition) is 0. The summed E-state index contributed by atoms with van der Waals surface area (Å²) in [5.41, 5.74) is 8.45. The van der Waals surface area contributed by atoms with Crippen LogP contribution in [0, 0.1) is 0 Å². The van der Waals surface area contributed by atoms with E-state index in [1.807, 2.05) is 109 Å². The van der Waals surface area contributed by atoms with Gasteiger partial charge in [-0.1, -0.05) is 157 Å². The molecule has 11 rings (SSSR count). The van der Waals surface area contributed by atoms with E-state index in [4.69, 9.17) is 23.6 Å². The highest BCUT2D eigenvalue weighted by Crippen LogP contribution is 2.40. The van der Waals surface area contributed by atoms with Gasteiger partial charge in [-0.05, 0) is 133 Å². The Hall–Kier alpha value is -7.68. The first-order chi connectivity index (χ1) is 34.5. The molecule has 0 fully saturated rings. The Balaban J connectivity index is 0.993. The smallest absolute Gasteiger partial charge is 0.135 e. The van der Waals surface area contributed by atoms with E-state index in [2.05, 4.69) is 4.90 Å². The van der Waals surface area contributed by atoms with Crippen LogP contribution in [-0.4, -0.2) is 0 Å². The van der Waals surface area contributed by atoms with Gasteiger partial charge in [-0.2, -0.15) is 0 Å². The Labute approximate surface area is 357 Å². The van der Waals surface area contributed by atoms with E-state index in [1.54, 1.807) is 30.3 Å². The molecule has 1 aromatic heterocycles. The first-order valence-electron chi connectivity index (χ1n) is 25.7. The second kappa shape index (κ2) is 14.1. The van der Waals surface area contributed by atoms with E-state index >= 15 is 0 Å². The quantitative estimate of drug-likeness (QED) is 0.161. The SMILES string of the molecule is [2H]c1c([2H])c([2H])c2c([2H])c(-c3ccc(N(c4ccc(-c5ccccc5)cc4)c4ccc(-c5ccc6oc7ccc(-c8c([2H])c([2H])c([2H])c9c([2H])c([2H])c([2H])c([2H])c89)cc7c6c5)cc4)cc3)c([2H])c([2H])c2c1[2H]. The zero-order valence-corrected chi connectivity index (χ0v) is 30.6. The number of furan rings is 1. The fourth-order valence-electron chi connectivity index (χ4n) is 7.53. The maximum Gasteiger partial charge on any atom is 0.135 e. The minimum absolute atomic E-state index is 0.00870. The summed E-state index contributed by atoms with van der Waals surface area (Å²) in [5, 5.41) is 1.07. The molecule has 2 nitrogen and oxygen atoms in total. The summed E-state index contributed by atoms with van der Waals surface area (Å²) in [5.74, 6) is 0. The Bertz CT molecular complexity index is 4060. The summed E-state index contributed by atoms with van der Waals surface area (Å²) in [7, 11) is 0. The van der Waals surface area contributed by atoms with Gasteiger partial charge in [0.05, 0.1) is 19.2 Å². The van der Waals surface area contributed by atoms with Crippen LogP contribution in [0.2, 0.25) is 0 Å². The van der Waals surface area contributed by atoms with E-state index in [0.717, 1.165) is 44.7 Å². The second-order valence-corrected chi connectivity index (χ2v) is 13.9. The molecule has 0 unspecified atom stereocenters. The summed E-state index contributed by atoms with van der Waals surface area (Å²) in [6, 6.07) is 38.5. The van der Waals surface area contributed by atoms with Crippen molar-refractivity contribution in [2.24, 2.45) is 0 Å². The predicted octanol–water partition coefficient (Wildman–Crippen LogP) is 16.0. The van der Waals surface area contributed by atoms with Crippen LogP contribution >= 0.6 is 0 Å². The minimum atomic E-state index is -0.522. The van der Waals surface area contributed by atoms with Crippen molar-refractivity contribution in [3.8, 4) is 44.5 Å². The fourth-order valence-corrected chi connectivity index (χ4v) is 7.53. The van der Waals surface area contributed by atoms with E-state index in [1.165, 1.54) is 0 Å². The monoisotopic (exact) mass is 753 g/mol. The van der Waals surface area contributed by atoms with Crippen LogP contribution < -0.4 is 4.90 Å². The molecule has 10 aromatic carbocycles. The van der Waals surface area contributed by atoms with Gasteiger partial charge < -0.3 is 9.32 Å². The van der Waals surface area contributed by atoms with Crippen LogP contribution in [0.5, 0.6) is 0 Å². The molecular formula is C56H37NO. The molecule has 0 N–H and O–H groups in total. The second-order valence-electron chi connectivity index (χ2n) is 13.9. The summed E-state index contributed by atoms with van der Waals surface area (Å²) in [6.07, 6.45) is 0. The number of benzene rings is 10. The Morgan fingerprint density at radius 3 is 1.52 bits per heavy atom. The highest BCUT2D eigenvalue weighted by molar-refractivity contribution is 6.09. The fraction of sp³-hybridized carbons (Fsp3) is 0. The van der Waals surface area contributed by atoms with Gasteiger partial charge in [0, 0.05) is 27.8 Å². The van der Waals surface area contributed by atoms with Crippen molar-refractivity contribution in [2.75, 3.05) is 4.90 Å².